The van der Waals surface area contributed by atoms with Crippen molar-refractivity contribution in [2.75, 3.05) is 6.61 Å². The number of thiophene rings is 1. The number of ether oxygens (including phenoxy) is 3. The third-order valence-corrected chi connectivity index (χ3v) is 9.43. The van der Waals surface area contributed by atoms with E-state index in [1.54, 1.807) is 48.1 Å². The van der Waals surface area contributed by atoms with Crippen LogP contribution in [0.4, 0.5) is 0 Å². The minimum atomic E-state index is -0.692. The number of esters is 2. The Kier molecular flexibility index (Phi) is 8.65. The lowest BCUT2D eigenvalue weighted by Gasteiger charge is -2.19. The van der Waals surface area contributed by atoms with Crippen LogP contribution in [0.25, 0.3) is 21.6 Å². The smallest absolute Gasteiger partial charge is 0.338 e. The number of aryl methyl sites for hydroxylation is 2. The van der Waals surface area contributed by atoms with Gasteiger partial charge in [0.25, 0.3) is 0 Å². The van der Waals surface area contributed by atoms with E-state index in [1.165, 1.54) is 10.4 Å². The van der Waals surface area contributed by atoms with Gasteiger partial charge in [-0.3, -0.25) is 4.57 Å². The first-order valence-electron chi connectivity index (χ1n) is 15.5. The Labute approximate surface area is 276 Å². The fraction of sp³-hybridized carbons (Fsp3) is 0.211. The molecular weight excluding hydrogens is 611 g/mol. The summed E-state index contributed by atoms with van der Waals surface area (Å²) in [5, 5.41) is 0. The number of nitrogens with zero attached hydrogens (tertiary/aromatic N) is 3. The van der Waals surface area contributed by atoms with Crippen molar-refractivity contribution >= 4 is 34.4 Å². The minimum absolute atomic E-state index is 0.0836. The van der Waals surface area contributed by atoms with E-state index >= 15 is 0 Å². The lowest BCUT2D eigenvalue weighted by Crippen LogP contribution is -2.32. The van der Waals surface area contributed by atoms with Crippen LogP contribution in [0, 0.1) is 13.8 Å². The van der Waals surface area contributed by atoms with Gasteiger partial charge in [0, 0.05) is 34.4 Å². The normalized spacial score (nSPS) is 17.5. The molecule has 0 N–H and O–H groups in total. The number of benzene rings is 3. The van der Waals surface area contributed by atoms with E-state index in [4.69, 9.17) is 19.2 Å². The van der Waals surface area contributed by atoms with Crippen molar-refractivity contribution in [2.24, 2.45) is 0 Å². The van der Waals surface area contributed by atoms with Crippen molar-refractivity contribution in [2.45, 2.75) is 45.1 Å². The lowest BCUT2D eigenvalue weighted by atomic mass is 10.1. The first-order chi connectivity index (χ1) is 22.9. The van der Waals surface area contributed by atoms with Crippen LogP contribution in [0.3, 0.4) is 0 Å². The molecule has 0 amide bonds. The maximum absolute atomic E-state index is 13.2. The monoisotopic (exact) mass is 643 g/mol. The summed E-state index contributed by atoms with van der Waals surface area (Å²) in [5.74, 6) is -0.934. The quantitative estimate of drug-likeness (QED) is 0.149. The van der Waals surface area contributed by atoms with Gasteiger partial charge in [-0.1, -0.05) is 65.7 Å². The zero-order valence-electron chi connectivity index (χ0n) is 26.0. The summed E-state index contributed by atoms with van der Waals surface area (Å²) in [4.78, 5) is 37.8. The molecule has 0 spiro atoms. The van der Waals surface area contributed by atoms with Crippen molar-refractivity contribution in [3.63, 3.8) is 0 Å². The Hall–Kier alpha value is -5.12. The molecule has 1 saturated heterocycles. The molecule has 0 bridgehead atoms. The highest BCUT2D eigenvalue weighted by molar-refractivity contribution is 7.15. The SMILES string of the molecule is Cc1ccc(C(=O)OC[C@H]2O[C@@H](n3cnc4c(-c5ccc(Cc6ccccc6)s5)ccnc43)C[C@@H]2OC(=O)c2ccc(C)cc2)cc1. The van der Waals surface area contributed by atoms with Gasteiger partial charge in [-0.2, -0.15) is 0 Å². The topological polar surface area (TPSA) is 92.5 Å². The Balaban J connectivity index is 1.12. The molecule has 6 aromatic rings. The van der Waals surface area contributed by atoms with Crippen molar-refractivity contribution in [1.82, 2.24) is 14.5 Å². The van der Waals surface area contributed by atoms with Crippen LogP contribution in [-0.2, 0) is 20.6 Å². The Bertz CT molecular complexity index is 2020. The van der Waals surface area contributed by atoms with Gasteiger partial charge in [-0.15, -0.1) is 11.3 Å². The van der Waals surface area contributed by atoms with E-state index in [-0.39, 0.29) is 6.61 Å². The molecule has 1 aliphatic heterocycles. The van der Waals surface area contributed by atoms with Crippen LogP contribution in [-0.4, -0.2) is 45.3 Å². The van der Waals surface area contributed by atoms with Gasteiger partial charge in [-0.05, 0) is 61.9 Å². The molecule has 8 nitrogen and oxygen atoms in total. The largest absolute Gasteiger partial charge is 0.459 e. The van der Waals surface area contributed by atoms with Gasteiger partial charge in [0.15, 0.2) is 5.65 Å². The fourth-order valence-electron chi connectivity index (χ4n) is 5.73. The summed E-state index contributed by atoms with van der Waals surface area (Å²) in [5.41, 5.74) is 6.64. The number of fused-ring (bicyclic) bond motifs is 1. The van der Waals surface area contributed by atoms with Crippen LogP contribution >= 0.6 is 11.3 Å². The Morgan fingerprint density at radius 1 is 0.851 bits per heavy atom. The molecule has 7 rings (SSSR count). The van der Waals surface area contributed by atoms with E-state index in [0.29, 0.717) is 23.2 Å². The maximum Gasteiger partial charge on any atom is 0.338 e. The Morgan fingerprint density at radius 3 is 2.28 bits per heavy atom. The van der Waals surface area contributed by atoms with Crippen molar-refractivity contribution in [3.05, 3.63) is 142 Å². The number of rotatable bonds is 9. The molecule has 47 heavy (non-hydrogen) atoms. The molecule has 4 heterocycles. The van der Waals surface area contributed by atoms with Gasteiger partial charge < -0.3 is 14.2 Å². The molecule has 0 radical (unpaired) electrons. The average molecular weight is 644 g/mol. The number of hydrogen-bond donors (Lipinski definition) is 0. The van der Waals surface area contributed by atoms with E-state index in [2.05, 4.69) is 41.4 Å². The van der Waals surface area contributed by atoms with Crippen molar-refractivity contribution < 1.29 is 23.8 Å². The van der Waals surface area contributed by atoms with Crippen LogP contribution < -0.4 is 0 Å². The predicted octanol–water partition coefficient (Wildman–Crippen LogP) is 7.74. The molecule has 0 unspecified atom stereocenters. The minimum Gasteiger partial charge on any atom is -0.459 e. The van der Waals surface area contributed by atoms with E-state index in [9.17, 15) is 9.59 Å². The number of carbonyl (C=O) groups is 2. The number of carbonyl (C=O) groups excluding carboxylic acids is 2. The average Bonchev–Trinajstić information content (AvgIpc) is 3.83. The number of imidazole rings is 1. The second-order valence-corrected chi connectivity index (χ2v) is 12.9. The van der Waals surface area contributed by atoms with Gasteiger partial charge in [0.2, 0.25) is 0 Å². The molecule has 236 valence electrons. The molecule has 1 aliphatic rings. The predicted molar refractivity (Wildman–Crippen MR) is 180 cm³/mol. The first-order valence-corrected chi connectivity index (χ1v) is 16.3. The summed E-state index contributed by atoms with van der Waals surface area (Å²) in [7, 11) is 0. The molecule has 3 aromatic heterocycles. The molecule has 1 fully saturated rings. The number of hydrogen-bond acceptors (Lipinski definition) is 8. The highest BCUT2D eigenvalue weighted by atomic mass is 32.1. The number of pyridine rings is 1. The third-order valence-electron chi connectivity index (χ3n) is 8.31. The zero-order valence-corrected chi connectivity index (χ0v) is 26.9. The van der Waals surface area contributed by atoms with Crippen molar-refractivity contribution in [3.8, 4) is 10.4 Å². The van der Waals surface area contributed by atoms with Gasteiger partial charge in [-0.25, -0.2) is 19.6 Å². The summed E-state index contributed by atoms with van der Waals surface area (Å²) in [6.45, 7) is 3.83. The molecule has 9 heteroatoms. The summed E-state index contributed by atoms with van der Waals surface area (Å²) < 4.78 is 19.9. The van der Waals surface area contributed by atoms with Crippen LogP contribution in [0.15, 0.2) is 110 Å². The van der Waals surface area contributed by atoms with E-state index < -0.39 is 30.4 Å². The lowest BCUT2D eigenvalue weighted by molar-refractivity contribution is -0.0563. The molecule has 0 saturated carbocycles. The van der Waals surface area contributed by atoms with Gasteiger partial charge >= 0.3 is 11.9 Å². The van der Waals surface area contributed by atoms with Crippen LogP contribution in [0.2, 0.25) is 0 Å². The van der Waals surface area contributed by atoms with Gasteiger partial charge in [0.1, 0.15) is 30.6 Å². The second-order valence-electron chi connectivity index (χ2n) is 11.8. The Morgan fingerprint density at radius 2 is 1.55 bits per heavy atom. The van der Waals surface area contributed by atoms with E-state index in [1.807, 2.05) is 54.8 Å². The van der Waals surface area contributed by atoms with Crippen molar-refractivity contribution in [1.29, 1.82) is 0 Å². The number of aromatic nitrogens is 3. The summed E-state index contributed by atoms with van der Waals surface area (Å²) in [6.07, 6.45) is 2.78. The summed E-state index contributed by atoms with van der Waals surface area (Å²) >= 11 is 1.74. The van der Waals surface area contributed by atoms with E-state index in [0.717, 1.165) is 33.5 Å². The standard InChI is InChI=1S/C38H33N3O5S/c1-24-8-12-27(13-9-24)37(42)44-22-32-31(46-38(43)28-14-10-25(2)11-15-28)21-34(45-32)41-23-40-35-30(18-19-39-36(35)41)33-17-16-29(47-33)20-26-6-4-3-5-7-26/h3-19,23,31-32,34H,20-22H2,1-2H3/t31-,32+,34+/m0/s1. The zero-order chi connectivity index (χ0) is 32.3. The third kappa shape index (κ3) is 6.72. The summed E-state index contributed by atoms with van der Waals surface area (Å²) in [6, 6.07) is 31.0. The van der Waals surface area contributed by atoms with Gasteiger partial charge in [0.05, 0.1) is 17.5 Å². The molecule has 0 aliphatic carbocycles. The highest BCUT2D eigenvalue weighted by Crippen LogP contribution is 2.37. The van der Waals surface area contributed by atoms with Crippen LogP contribution in [0.5, 0.6) is 0 Å². The first kappa shape index (κ1) is 30.5. The maximum atomic E-state index is 13.2. The van der Waals surface area contributed by atoms with Crippen LogP contribution in [0.1, 0.15) is 54.9 Å². The molecule has 3 atom stereocenters. The molecule has 3 aromatic carbocycles. The fourth-order valence-corrected chi connectivity index (χ4v) is 6.80. The molecular formula is C38H33N3O5S. The second kappa shape index (κ2) is 13.3. The highest BCUT2D eigenvalue weighted by Gasteiger charge is 2.40.